The zero-order valence-electron chi connectivity index (χ0n) is 8.00. The third-order valence-electron chi connectivity index (χ3n) is 2.41. The molecule has 2 rings (SSSR count). The number of hydrogen-bond donors (Lipinski definition) is 0. The molecule has 0 heterocycles. The summed E-state index contributed by atoms with van der Waals surface area (Å²) in [5.74, 6) is -0.151. The van der Waals surface area contributed by atoms with Crippen LogP contribution in [0.15, 0.2) is 30.4 Å². The van der Waals surface area contributed by atoms with Crippen molar-refractivity contribution in [2.75, 3.05) is 5.33 Å². The van der Waals surface area contributed by atoms with Crippen LogP contribution >= 0.6 is 15.9 Å². The number of carbonyl (C=O) groups excluding carboxylic acids is 2. The van der Waals surface area contributed by atoms with Crippen LogP contribution in [0.5, 0.6) is 0 Å². The number of carbonyl (C=O) groups is 2. The Morgan fingerprint density at radius 1 is 1.07 bits per heavy atom. The summed E-state index contributed by atoms with van der Waals surface area (Å²) in [6.45, 7) is 0. The minimum absolute atomic E-state index is 0.0684. The molecule has 1 aromatic rings. The van der Waals surface area contributed by atoms with E-state index in [4.69, 9.17) is 0 Å². The molecule has 15 heavy (non-hydrogen) atoms. The molecule has 0 saturated heterocycles. The summed E-state index contributed by atoms with van der Waals surface area (Å²) in [5.41, 5.74) is 2.04. The summed E-state index contributed by atoms with van der Waals surface area (Å²) < 4.78 is 0. The summed E-state index contributed by atoms with van der Waals surface area (Å²) in [7, 11) is 0. The Morgan fingerprint density at radius 2 is 1.80 bits per heavy atom. The van der Waals surface area contributed by atoms with Gasteiger partial charge in [0.25, 0.3) is 0 Å². The zero-order chi connectivity index (χ0) is 10.8. The lowest BCUT2D eigenvalue weighted by Crippen LogP contribution is -2.14. The van der Waals surface area contributed by atoms with E-state index in [1.807, 2.05) is 12.1 Å². The van der Waals surface area contributed by atoms with Crippen molar-refractivity contribution in [3.05, 3.63) is 47.0 Å². The fourth-order valence-corrected chi connectivity index (χ4v) is 2.16. The monoisotopic (exact) mass is 264 g/mol. The van der Waals surface area contributed by atoms with Gasteiger partial charge in [0.15, 0.2) is 11.6 Å². The van der Waals surface area contributed by atoms with Crippen molar-refractivity contribution < 1.29 is 9.59 Å². The quantitative estimate of drug-likeness (QED) is 0.770. The Morgan fingerprint density at radius 3 is 2.53 bits per heavy atom. The number of ketones is 2. The number of fused-ring (bicyclic) bond motifs is 1. The molecule has 0 unspecified atom stereocenters. The standard InChI is InChI=1S/C12H9BrO2/c13-7-6-8-2-1-3-9-10(14)4-5-11(15)12(8)9/h1-5H,6-7H2. The number of alkyl halides is 1. The summed E-state index contributed by atoms with van der Waals surface area (Å²) in [4.78, 5) is 23.2. The van der Waals surface area contributed by atoms with E-state index in [9.17, 15) is 9.59 Å². The minimum atomic E-state index is -0.0824. The Bertz CT molecular complexity index is 461. The van der Waals surface area contributed by atoms with Crippen LogP contribution < -0.4 is 0 Å². The number of allylic oxidation sites excluding steroid dienone is 2. The average Bonchev–Trinajstić information content (AvgIpc) is 2.24. The molecule has 3 heteroatoms. The Balaban J connectivity index is 2.60. The number of aryl methyl sites for hydroxylation is 1. The molecule has 1 aliphatic rings. The van der Waals surface area contributed by atoms with Crippen LogP contribution in [0.2, 0.25) is 0 Å². The number of halogens is 1. The smallest absolute Gasteiger partial charge is 0.186 e. The lowest BCUT2D eigenvalue weighted by molar-refractivity contribution is 0.0993. The molecule has 0 aliphatic heterocycles. The second-order valence-corrected chi connectivity index (χ2v) is 4.13. The van der Waals surface area contributed by atoms with Crippen LogP contribution in [0.3, 0.4) is 0 Å². The zero-order valence-corrected chi connectivity index (χ0v) is 9.58. The summed E-state index contributed by atoms with van der Waals surface area (Å²) in [5, 5.41) is 0.786. The van der Waals surface area contributed by atoms with Gasteiger partial charge in [0, 0.05) is 16.5 Å². The van der Waals surface area contributed by atoms with Crippen LogP contribution in [-0.4, -0.2) is 16.9 Å². The van der Waals surface area contributed by atoms with Crippen molar-refractivity contribution in [3.8, 4) is 0 Å². The van der Waals surface area contributed by atoms with E-state index in [0.29, 0.717) is 11.1 Å². The summed E-state index contributed by atoms with van der Waals surface area (Å²) in [6.07, 6.45) is 3.45. The second-order valence-electron chi connectivity index (χ2n) is 3.34. The van der Waals surface area contributed by atoms with Gasteiger partial charge in [0.2, 0.25) is 0 Å². The molecule has 0 bridgehead atoms. The average molecular weight is 265 g/mol. The first-order valence-corrected chi connectivity index (χ1v) is 5.81. The fourth-order valence-electron chi connectivity index (χ4n) is 1.73. The van der Waals surface area contributed by atoms with Gasteiger partial charge in [-0.3, -0.25) is 9.59 Å². The van der Waals surface area contributed by atoms with E-state index in [0.717, 1.165) is 17.3 Å². The molecule has 2 nitrogen and oxygen atoms in total. The second kappa shape index (κ2) is 4.11. The topological polar surface area (TPSA) is 34.1 Å². The number of benzene rings is 1. The third kappa shape index (κ3) is 1.79. The van der Waals surface area contributed by atoms with Gasteiger partial charge >= 0.3 is 0 Å². The lowest BCUT2D eigenvalue weighted by Gasteiger charge is -2.12. The highest BCUT2D eigenvalue weighted by Crippen LogP contribution is 2.21. The summed E-state index contributed by atoms with van der Waals surface area (Å²) in [6, 6.07) is 5.42. The van der Waals surface area contributed by atoms with Gasteiger partial charge < -0.3 is 0 Å². The molecule has 0 amide bonds. The SMILES string of the molecule is O=C1C=CC(=O)c2c(CCBr)cccc21. The predicted molar refractivity (Wildman–Crippen MR) is 61.7 cm³/mol. The van der Waals surface area contributed by atoms with E-state index in [2.05, 4.69) is 15.9 Å². The maximum atomic E-state index is 11.7. The van der Waals surface area contributed by atoms with E-state index in [-0.39, 0.29) is 11.6 Å². The van der Waals surface area contributed by atoms with Crippen molar-refractivity contribution >= 4 is 27.5 Å². The molecule has 1 aromatic carbocycles. The number of hydrogen-bond acceptors (Lipinski definition) is 2. The lowest BCUT2D eigenvalue weighted by atomic mass is 9.90. The number of rotatable bonds is 2. The predicted octanol–water partition coefficient (Wildman–Crippen LogP) is 2.56. The van der Waals surface area contributed by atoms with Crippen molar-refractivity contribution in [2.24, 2.45) is 0 Å². The van der Waals surface area contributed by atoms with Crippen LogP contribution in [0.25, 0.3) is 0 Å². The Kier molecular flexibility index (Phi) is 2.82. The fraction of sp³-hybridized carbons (Fsp3) is 0.167. The van der Waals surface area contributed by atoms with Gasteiger partial charge in [-0.2, -0.15) is 0 Å². The molecule has 0 aromatic heterocycles. The molecule has 0 atom stereocenters. The first-order chi connectivity index (χ1) is 7.24. The molecule has 0 spiro atoms. The largest absolute Gasteiger partial charge is 0.289 e. The van der Waals surface area contributed by atoms with E-state index in [1.165, 1.54) is 12.2 Å². The van der Waals surface area contributed by atoms with Crippen molar-refractivity contribution in [1.29, 1.82) is 0 Å². The van der Waals surface area contributed by atoms with Gasteiger partial charge in [-0.25, -0.2) is 0 Å². The van der Waals surface area contributed by atoms with Gasteiger partial charge in [-0.1, -0.05) is 34.1 Å². The van der Waals surface area contributed by atoms with E-state index < -0.39 is 0 Å². The third-order valence-corrected chi connectivity index (χ3v) is 2.81. The van der Waals surface area contributed by atoms with Gasteiger partial charge in [0.1, 0.15) is 0 Å². The Hall–Kier alpha value is -1.22. The molecular weight excluding hydrogens is 256 g/mol. The maximum absolute atomic E-state index is 11.7. The molecular formula is C12H9BrO2. The molecule has 0 N–H and O–H groups in total. The molecule has 76 valence electrons. The van der Waals surface area contributed by atoms with Crippen molar-refractivity contribution in [2.45, 2.75) is 6.42 Å². The van der Waals surface area contributed by atoms with Crippen molar-refractivity contribution in [3.63, 3.8) is 0 Å². The normalized spacial score (nSPS) is 14.2. The molecule has 0 saturated carbocycles. The van der Waals surface area contributed by atoms with E-state index in [1.54, 1.807) is 6.07 Å². The van der Waals surface area contributed by atoms with Gasteiger partial charge in [-0.15, -0.1) is 0 Å². The molecule has 1 aliphatic carbocycles. The van der Waals surface area contributed by atoms with Crippen LogP contribution in [-0.2, 0) is 6.42 Å². The first-order valence-electron chi connectivity index (χ1n) is 4.68. The Labute approximate surface area is 96.1 Å². The van der Waals surface area contributed by atoms with Gasteiger partial charge in [0.05, 0.1) is 0 Å². The van der Waals surface area contributed by atoms with E-state index >= 15 is 0 Å². The molecule has 0 radical (unpaired) electrons. The van der Waals surface area contributed by atoms with Crippen LogP contribution in [0.1, 0.15) is 26.3 Å². The highest BCUT2D eigenvalue weighted by atomic mass is 79.9. The highest BCUT2D eigenvalue weighted by Gasteiger charge is 2.21. The first kappa shape index (κ1) is 10.3. The van der Waals surface area contributed by atoms with Gasteiger partial charge in [-0.05, 0) is 24.1 Å². The summed E-state index contributed by atoms with van der Waals surface area (Å²) >= 11 is 3.33. The maximum Gasteiger partial charge on any atom is 0.186 e. The minimum Gasteiger partial charge on any atom is -0.289 e. The molecule has 0 fully saturated rings. The highest BCUT2D eigenvalue weighted by molar-refractivity contribution is 9.09. The van der Waals surface area contributed by atoms with Crippen LogP contribution in [0, 0.1) is 0 Å². The van der Waals surface area contributed by atoms with Crippen molar-refractivity contribution in [1.82, 2.24) is 0 Å². The van der Waals surface area contributed by atoms with Crippen LogP contribution in [0.4, 0.5) is 0 Å².